The minimum Gasteiger partial charge on any atom is -0.317 e. The van der Waals surface area contributed by atoms with E-state index in [2.05, 4.69) is 62.0 Å². The molecule has 0 aromatic heterocycles. The van der Waals surface area contributed by atoms with Gasteiger partial charge in [-0.1, -0.05) is 27.7 Å². The van der Waals surface area contributed by atoms with Crippen molar-refractivity contribution in [3.05, 3.63) is 0 Å². The average molecular weight is 343 g/mol. The molecule has 4 nitrogen and oxygen atoms in total. The second-order valence-corrected chi connectivity index (χ2v) is 6.92. The van der Waals surface area contributed by atoms with Crippen LogP contribution in [0.25, 0.3) is 0 Å². The van der Waals surface area contributed by atoms with E-state index in [1.807, 2.05) is 0 Å². The fourth-order valence-electron chi connectivity index (χ4n) is 3.43. The SMILES string of the molecule is CCN(CC)C(C)CCNCCCCNCCC(C)N(CC)CC. The van der Waals surface area contributed by atoms with E-state index in [1.165, 1.54) is 25.7 Å². The van der Waals surface area contributed by atoms with Crippen LogP contribution in [0.1, 0.15) is 67.2 Å². The van der Waals surface area contributed by atoms with Crippen LogP contribution in [0.2, 0.25) is 0 Å². The van der Waals surface area contributed by atoms with Crippen molar-refractivity contribution in [1.82, 2.24) is 20.4 Å². The predicted octanol–water partition coefficient (Wildman–Crippen LogP) is 3.19. The van der Waals surface area contributed by atoms with E-state index in [0.29, 0.717) is 12.1 Å². The summed E-state index contributed by atoms with van der Waals surface area (Å²) in [5, 5.41) is 7.20. The lowest BCUT2D eigenvalue weighted by Gasteiger charge is -2.26. The second-order valence-electron chi connectivity index (χ2n) is 6.92. The highest BCUT2D eigenvalue weighted by Gasteiger charge is 2.09. The zero-order chi connectivity index (χ0) is 18.2. The summed E-state index contributed by atoms with van der Waals surface area (Å²) in [6.45, 7) is 23.0. The Bertz CT molecular complexity index is 226. The van der Waals surface area contributed by atoms with E-state index in [1.54, 1.807) is 0 Å². The number of hydrogen-bond acceptors (Lipinski definition) is 4. The maximum Gasteiger partial charge on any atom is 0.00787 e. The highest BCUT2D eigenvalue weighted by atomic mass is 15.1. The zero-order valence-electron chi connectivity index (χ0n) is 17.5. The summed E-state index contributed by atoms with van der Waals surface area (Å²) in [7, 11) is 0. The van der Waals surface area contributed by atoms with Gasteiger partial charge in [0, 0.05) is 12.1 Å². The van der Waals surface area contributed by atoms with Crippen LogP contribution in [0.5, 0.6) is 0 Å². The largest absolute Gasteiger partial charge is 0.317 e. The third-order valence-corrected chi connectivity index (χ3v) is 5.31. The predicted molar refractivity (Wildman–Crippen MR) is 109 cm³/mol. The Labute approximate surface area is 152 Å². The minimum absolute atomic E-state index is 0.696. The van der Waals surface area contributed by atoms with Crippen molar-refractivity contribution >= 4 is 0 Å². The van der Waals surface area contributed by atoms with Crippen LogP contribution in [0.3, 0.4) is 0 Å². The van der Waals surface area contributed by atoms with Gasteiger partial charge in [0.15, 0.2) is 0 Å². The normalized spacial score (nSPS) is 14.5. The summed E-state index contributed by atoms with van der Waals surface area (Å²) in [4.78, 5) is 5.07. The van der Waals surface area contributed by atoms with Crippen LogP contribution in [0.4, 0.5) is 0 Å². The molecule has 0 heterocycles. The first-order chi connectivity index (χ1) is 11.6. The summed E-state index contributed by atoms with van der Waals surface area (Å²) in [6.07, 6.45) is 5.06. The van der Waals surface area contributed by atoms with E-state index < -0.39 is 0 Å². The summed E-state index contributed by atoms with van der Waals surface area (Å²) < 4.78 is 0. The maximum absolute atomic E-state index is 3.60. The molecule has 0 saturated carbocycles. The first kappa shape index (κ1) is 23.8. The molecule has 0 rings (SSSR count). The van der Waals surface area contributed by atoms with Crippen molar-refractivity contribution < 1.29 is 0 Å². The van der Waals surface area contributed by atoms with Gasteiger partial charge in [0.25, 0.3) is 0 Å². The molecule has 0 radical (unpaired) electrons. The Morgan fingerprint density at radius 2 is 0.917 bits per heavy atom. The van der Waals surface area contributed by atoms with Crippen molar-refractivity contribution in [1.29, 1.82) is 0 Å². The number of hydrogen-bond donors (Lipinski definition) is 2. The van der Waals surface area contributed by atoms with E-state index in [9.17, 15) is 0 Å². The minimum atomic E-state index is 0.696. The van der Waals surface area contributed by atoms with Crippen LogP contribution in [-0.2, 0) is 0 Å². The maximum atomic E-state index is 3.60. The molecule has 0 aliphatic rings. The molecule has 0 aliphatic carbocycles. The van der Waals surface area contributed by atoms with Gasteiger partial charge in [0.05, 0.1) is 0 Å². The Kier molecular flexibility index (Phi) is 16.2. The van der Waals surface area contributed by atoms with E-state index >= 15 is 0 Å². The number of rotatable bonds is 17. The fourth-order valence-corrected chi connectivity index (χ4v) is 3.43. The standard InChI is InChI=1S/C20H46N4/c1-7-23(8-2)19(5)13-17-21-15-11-12-16-22-18-14-20(6)24(9-3)10-4/h19-22H,7-18H2,1-6H3. The highest BCUT2D eigenvalue weighted by Crippen LogP contribution is 2.03. The third-order valence-electron chi connectivity index (χ3n) is 5.31. The molecule has 0 aromatic carbocycles. The molecule has 0 aromatic rings. The molecule has 0 fully saturated rings. The van der Waals surface area contributed by atoms with Crippen LogP contribution >= 0.6 is 0 Å². The Morgan fingerprint density at radius 1 is 0.583 bits per heavy atom. The van der Waals surface area contributed by atoms with Crippen molar-refractivity contribution in [2.45, 2.75) is 79.3 Å². The molecular formula is C20H46N4. The molecule has 2 unspecified atom stereocenters. The van der Waals surface area contributed by atoms with Gasteiger partial charge in [-0.25, -0.2) is 0 Å². The summed E-state index contributed by atoms with van der Waals surface area (Å²) >= 11 is 0. The van der Waals surface area contributed by atoms with Gasteiger partial charge >= 0.3 is 0 Å². The van der Waals surface area contributed by atoms with Crippen molar-refractivity contribution in [2.24, 2.45) is 0 Å². The lowest BCUT2D eigenvalue weighted by Crippen LogP contribution is -2.35. The van der Waals surface area contributed by atoms with Gasteiger partial charge in [-0.3, -0.25) is 0 Å². The number of nitrogens with zero attached hydrogens (tertiary/aromatic N) is 2. The van der Waals surface area contributed by atoms with Gasteiger partial charge in [0.1, 0.15) is 0 Å². The molecule has 0 spiro atoms. The van der Waals surface area contributed by atoms with Crippen molar-refractivity contribution in [3.63, 3.8) is 0 Å². The fraction of sp³-hybridized carbons (Fsp3) is 1.00. The lowest BCUT2D eigenvalue weighted by atomic mass is 10.2. The molecule has 0 bridgehead atoms. The Morgan fingerprint density at radius 3 is 1.21 bits per heavy atom. The van der Waals surface area contributed by atoms with Crippen LogP contribution in [-0.4, -0.2) is 74.2 Å². The lowest BCUT2D eigenvalue weighted by molar-refractivity contribution is 0.219. The zero-order valence-corrected chi connectivity index (χ0v) is 17.5. The van der Waals surface area contributed by atoms with Gasteiger partial charge in [-0.05, 0) is 91.9 Å². The third kappa shape index (κ3) is 11.4. The average Bonchev–Trinajstić information content (AvgIpc) is 2.58. The van der Waals surface area contributed by atoms with Crippen molar-refractivity contribution in [2.75, 3.05) is 52.4 Å². The smallest absolute Gasteiger partial charge is 0.00787 e. The van der Waals surface area contributed by atoms with E-state index in [-0.39, 0.29) is 0 Å². The Hall–Kier alpha value is -0.160. The summed E-state index contributed by atoms with van der Waals surface area (Å²) in [6, 6.07) is 1.39. The molecule has 2 atom stereocenters. The molecular weight excluding hydrogens is 296 g/mol. The van der Waals surface area contributed by atoms with Gasteiger partial charge < -0.3 is 20.4 Å². The topological polar surface area (TPSA) is 30.5 Å². The molecule has 0 amide bonds. The van der Waals surface area contributed by atoms with Crippen molar-refractivity contribution in [3.8, 4) is 0 Å². The summed E-state index contributed by atoms with van der Waals surface area (Å²) in [5.41, 5.74) is 0. The van der Waals surface area contributed by atoms with Crippen LogP contribution < -0.4 is 10.6 Å². The first-order valence-corrected chi connectivity index (χ1v) is 10.5. The van der Waals surface area contributed by atoms with Crippen LogP contribution in [0, 0.1) is 0 Å². The monoisotopic (exact) mass is 342 g/mol. The number of unbranched alkanes of at least 4 members (excludes halogenated alkanes) is 1. The Balaban J connectivity index is 3.40. The van der Waals surface area contributed by atoms with Gasteiger partial charge in [0.2, 0.25) is 0 Å². The quantitative estimate of drug-likeness (QED) is 0.398. The van der Waals surface area contributed by atoms with Crippen LogP contribution in [0.15, 0.2) is 0 Å². The van der Waals surface area contributed by atoms with Gasteiger partial charge in [-0.2, -0.15) is 0 Å². The first-order valence-electron chi connectivity index (χ1n) is 10.5. The molecule has 4 heteroatoms. The second kappa shape index (κ2) is 16.3. The highest BCUT2D eigenvalue weighted by molar-refractivity contribution is 4.67. The van der Waals surface area contributed by atoms with Gasteiger partial charge in [-0.15, -0.1) is 0 Å². The molecule has 0 saturated heterocycles. The molecule has 2 N–H and O–H groups in total. The summed E-state index contributed by atoms with van der Waals surface area (Å²) in [5.74, 6) is 0. The molecule has 146 valence electrons. The van der Waals surface area contributed by atoms with E-state index in [0.717, 1.165) is 52.4 Å². The molecule has 0 aliphatic heterocycles. The van der Waals surface area contributed by atoms with E-state index in [4.69, 9.17) is 0 Å². The number of nitrogens with one attached hydrogen (secondary N) is 2. The molecule has 24 heavy (non-hydrogen) atoms.